The molecule has 0 N–H and O–H groups in total. The van der Waals surface area contributed by atoms with Crippen LogP contribution in [0.25, 0.3) is 175 Å². The van der Waals surface area contributed by atoms with Crippen molar-refractivity contribution < 1.29 is 0 Å². The first-order valence-electron chi connectivity index (χ1n) is 27.2. The number of nitrogens with zero attached hydrogens (tertiary/aromatic N) is 2. The zero-order chi connectivity index (χ0) is 50.7. The van der Waals surface area contributed by atoms with Crippen molar-refractivity contribution in [1.29, 1.82) is 0 Å². The van der Waals surface area contributed by atoms with Gasteiger partial charge in [-0.1, -0.05) is 243 Å². The minimum atomic E-state index is 1.20. The number of para-hydroxylation sites is 6. The number of rotatable bonds is 5. The van der Waals surface area contributed by atoms with E-state index in [1.807, 2.05) is 0 Å². The summed E-state index contributed by atoms with van der Waals surface area (Å²) in [6.07, 6.45) is 0. The van der Waals surface area contributed by atoms with E-state index < -0.39 is 0 Å². The minimum absolute atomic E-state index is 1.20. The summed E-state index contributed by atoms with van der Waals surface area (Å²) in [6, 6.07) is 100. The molecule has 14 aromatic carbocycles. The highest BCUT2D eigenvalue weighted by Gasteiger charge is 2.26. The van der Waals surface area contributed by atoms with Crippen molar-refractivity contribution in [3.05, 3.63) is 267 Å². The standard InChI is InChI=1S/C76H44N2/c1-3-19-45(20-4-1)47-25-11-29-53-65(47)43-66-48(46-21-5-2-6-22-46)26-12-30-54(66)71(53)72-55-31-13-27-49(57-33-15-37-61-63-39-17-35-59-51-23-7-9-41-69(51)77(73(57)61)75(59)63)67(55)44-68-50(28-14-32-56(68)72)58-34-16-38-62-64-40-18-36-60-52-24-8-10-42-70(52)78(74(58)62)76(60)64/h1-44H. The fraction of sp³-hybridized carbons (Fsp3) is 0. The lowest BCUT2D eigenvalue weighted by molar-refractivity contribution is 1.37. The fourth-order valence-electron chi connectivity index (χ4n) is 14.5. The Morgan fingerprint density at radius 2 is 0.436 bits per heavy atom. The Morgan fingerprint density at radius 3 is 0.833 bits per heavy atom. The second-order valence-electron chi connectivity index (χ2n) is 21.4. The molecule has 78 heavy (non-hydrogen) atoms. The highest BCUT2D eigenvalue weighted by molar-refractivity contribution is 6.31. The van der Waals surface area contributed by atoms with Crippen molar-refractivity contribution in [1.82, 2.24) is 8.80 Å². The molecule has 0 saturated carbocycles. The maximum Gasteiger partial charge on any atom is 0.0620 e. The molecule has 0 aliphatic heterocycles. The van der Waals surface area contributed by atoms with E-state index in [-0.39, 0.29) is 0 Å². The second-order valence-corrected chi connectivity index (χ2v) is 21.4. The van der Waals surface area contributed by atoms with E-state index in [4.69, 9.17) is 0 Å². The number of hydrogen-bond acceptors (Lipinski definition) is 0. The summed E-state index contributed by atoms with van der Waals surface area (Å²) in [4.78, 5) is 0. The molecule has 358 valence electrons. The molecule has 0 aliphatic carbocycles. The van der Waals surface area contributed by atoms with Gasteiger partial charge in [0.05, 0.1) is 33.1 Å². The first-order valence-corrected chi connectivity index (χ1v) is 27.2. The van der Waals surface area contributed by atoms with Gasteiger partial charge in [-0.3, -0.25) is 0 Å². The van der Waals surface area contributed by atoms with Crippen molar-refractivity contribution >= 4 is 119 Å². The van der Waals surface area contributed by atoms with E-state index in [1.165, 1.54) is 175 Å². The molecule has 0 aliphatic rings. The van der Waals surface area contributed by atoms with E-state index in [2.05, 4.69) is 276 Å². The predicted octanol–water partition coefficient (Wildman–Crippen LogP) is 20.9. The van der Waals surface area contributed by atoms with Crippen molar-refractivity contribution in [3.63, 3.8) is 0 Å². The average Bonchev–Trinajstić information content (AvgIpc) is 4.43. The van der Waals surface area contributed by atoms with Crippen molar-refractivity contribution in [3.8, 4) is 55.6 Å². The Labute approximate surface area is 448 Å². The molecule has 2 nitrogen and oxygen atoms in total. The zero-order valence-electron chi connectivity index (χ0n) is 42.3. The molecule has 4 aromatic heterocycles. The highest BCUT2D eigenvalue weighted by Crippen LogP contribution is 2.52. The van der Waals surface area contributed by atoms with E-state index in [0.29, 0.717) is 0 Å². The van der Waals surface area contributed by atoms with Crippen LogP contribution in [0.5, 0.6) is 0 Å². The number of aromatic nitrogens is 2. The van der Waals surface area contributed by atoms with Crippen molar-refractivity contribution in [2.75, 3.05) is 0 Å². The first kappa shape index (κ1) is 42.0. The molecule has 18 rings (SSSR count). The van der Waals surface area contributed by atoms with Crippen molar-refractivity contribution in [2.24, 2.45) is 0 Å². The molecule has 18 aromatic rings. The van der Waals surface area contributed by atoms with Crippen LogP contribution in [-0.2, 0) is 0 Å². The van der Waals surface area contributed by atoms with Crippen LogP contribution >= 0.6 is 0 Å². The molecule has 0 bridgehead atoms. The summed E-state index contributed by atoms with van der Waals surface area (Å²) in [5, 5.41) is 20.1. The van der Waals surface area contributed by atoms with Crippen LogP contribution in [0.2, 0.25) is 0 Å². The van der Waals surface area contributed by atoms with Gasteiger partial charge in [0.1, 0.15) is 0 Å². The summed E-state index contributed by atoms with van der Waals surface area (Å²) < 4.78 is 5.11. The van der Waals surface area contributed by atoms with Gasteiger partial charge in [0, 0.05) is 54.2 Å². The lowest BCUT2D eigenvalue weighted by Gasteiger charge is -2.22. The lowest BCUT2D eigenvalue weighted by atomic mass is 9.81. The summed E-state index contributed by atoms with van der Waals surface area (Å²) in [5.41, 5.74) is 19.7. The van der Waals surface area contributed by atoms with Crippen molar-refractivity contribution in [2.45, 2.75) is 0 Å². The quantitative estimate of drug-likeness (QED) is 0.152. The summed E-state index contributed by atoms with van der Waals surface area (Å²) >= 11 is 0. The maximum absolute atomic E-state index is 2.55. The Kier molecular flexibility index (Phi) is 8.42. The SMILES string of the molecule is c1ccc(-c2cccc3c(-c4c5cccc(-c6cccc7c8cccc9c%10ccccc%10n(c67)c98)c5cc5c(-c6cccc7c8cccc9c%10ccccc%10n(c67)c98)cccc45)c4cccc(-c5ccccc5)c4cc23)cc1. The van der Waals surface area contributed by atoms with Gasteiger partial charge in [-0.25, -0.2) is 0 Å². The first-order chi connectivity index (χ1) is 38.8. The van der Waals surface area contributed by atoms with Crippen LogP contribution in [0.1, 0.15) is 0 Å². The number of benzene rings is 14. The third-order valence-electron chi connectivity index (χ3n) is 17.6. The van der Waals surface area contributed by atoms with Gasteiger partial charge in [0.25, 0.3) is 0 Å². The Balaban J connectivity index is 1.04. The average molecular weight is 985 g/mol. The molecule has 4 heterocycles. The Hall–Kier alpha value is -10.3. The van der Waals surface area contributed by atoms with Crippen LogP contribution in [0.4, 0.5) is 0 Å². The van der Waals surface area contributed by atoms with E-state index in [0.717, 1.165) is 0 Å². The zero-order valence-corrected chi connectivity index (χ0v) is 42.3. The molecule has 0 spiro atoms. The Bertz CT molecular complexity index is 5210. The van der Waals surface area contributed by atoms with Crippen LogP contribution in [0.15, 0.2) is 267 Å². The molecular weight excluding hydrogens is 941 g/mol. The van der Waals surface area contributed by atoms with Crippen LogP contribution in [0, 0.1) is 0 Å². The maximum atomic E-state index is 2.55. The van der Waals surface area contributed by atoms with E-state index in [1.54, 1.807) is 0 Å². The molecule has 0 fully saturated rings. The monoisotopic (exact) mass is 984 g/mol. The number of hydrogen-bond donors (Lipinski definition) is 0. The third kappa shape index (κ3) is 5.50. The Morgan fingerprint density at radius 1 is 0.167 bits per heavy atom. The molecule has 0 amide bonds. The lowest BCUT2D eigenvalue weighted by Crippen LogP contribution is -1.95. The van der Waals surface area contributed by atoms with E-state index >= 15 is 0 Å². The van der Waals surface area contributed by atoms with E-state index in [9.17, 15) is 0 Å². The summed E-state index contributed by atoms with van der Waals surface area (Å²) in [5.74, 6) is 0. The van der Waals surface area contributed by atoms with Gasteiger partial charge in [-0.2, -0.15) is 0 Å². The smallest absolute Gasteiger partial charge is 0.0620 e. The second kappa shape index (κ2) is 15.6. The molecular formula is C76H44N2. The number of fused-ring (bicyclic) bond motifs is 16. The molecule has 0 atom stereocenters. The van der Waals surface area contributed by atoms with Crippen LogP contribution in [-0.4, -0.2) is 8.80 Å². The predicted molar refractivity (Wildman–Crippen MR) is 333 cm³/mol. The van der Waals surface area contributed by atoms with Gasteiger partial charge in [0.15, 0.2) is 0 Å². The minimum Gasteiger partial charge on any atom is -0.307 e. The normalized spacial score (nSPS) is 12.4. The largest absolute Gasteiger partial charge is 0.307 e. The fourth-order valence-corrected chi connectivity index (χ4v) is 14.5. The topological polar surface area (TPSA) is 8.82 Å². The summed E-state index contributed by atoms with van der Waals surface area (Å²) in [6.45, 7) is 0. The van der Waals surface area contributed by atoms with Crippen LogP contribution < -0.4 is 0 Å². The van der Waals surface area contributed by atoms with Crippen LogP contribution in [0.3, 0.4) is 0 Å². The molecule has 0 unspecified atom stereocenters. The summed E-state index contributed by atoms with van der Waals surface area (Å²) in [7, 11) is 0. The van der Waals surface area contributed by atoms with Gasteiger partial charge in [-0.15, -0.1) is 0 Å². The highest BCUT2D eigenvalue weighted by atomic mass is 14.9. The molecule has 2 heteroatoms. The molecule has 0 radical (unpaired) electrons. The van der Waals surface area contributed by atoms with Gasteiger partial charge >= 0.3 is 0 Å². The van der Waals surface area contributed by atoms with Gasteiger partial charge in [-0.05, 0) is 112 Å². The van der Waals surface area contributed by atoms with Gasteiger partial charge in [0.2, 0.25) is 0 Å². The van der Waals surface area contributed by atoms with Gasteiger partial charge < -0.3 is 8.80 Å². The third-order valence-corrected chi connectivity index (χ3v) is 17.6. The molecule has 0 saturated heterocycles.